The molecule has 0 aromatic heterocycles. The van der Waals surface area contributed by atoms with Crippen LogP contribution in [0.2, 0.25) is 5.02 Å². The van der Waals surface area contributed by atoms with Crippen LogP contribution in [0, 0.1) is 5.82 Å². The zero-order valence-corrected chi connectivity index (χ0v) is 12.9. The second-order valence-electron chi connectivity index (χ2n) is 5.34. The smallest absolute Gasteiger partial charge is 0.246 e. The number of hydrogen-bond donors (Lipinski definition) is 2. The number of amides is 2. The number of benzene rings is 2. The van der Waals surface area contributed by atoms with Crippen molar-refractivity contribution in [3.63, 3.8) is 0 Å². The molecule has 23 heavy (non-hydrogen) atoms. The van der Waals surface area contributed by atoms with E-state index in [1.54, 1.807) is 24.3 Å². The highest BCUT2D eigenvalue weighted by atomic mass is 35.5. The number of halogens is 2. The van der Waals surface area contributed by atoms with Crippen molar-refractivity contribution in [1.29, 1.82) is 0 Å². The molecular formula is C17H14ClFN2O2. The van der Waals surface area contributed by atoms with Gasteiger partial charge in [0.25, 0.3) is 0 Å². The van der Waals surface area contributed by atoms with Gasteiger partial charge in [0.1, 0.15) is 11.9 Å². The highest BCUT2D eigenvalue weighted by Gasteiger charge is 2.27. The summed E-state index contributed by atoms with van der Waals surface area (Å²) in [6, 6.07) is 10.5. The lowest BCUT2D eigenvalue weighted by Crippen LogP contribution is -2.37. The second kappa shape index (κ2) is 6.38. The molecule has 1 saturated heterocycles. The van der Waals surface area contributed by atoms with Crippen molar-refractivity contribution in [2.75, 3.05) is 5.32 Å². The first-order chi connectivity index (χ1) is 11.0. The summed E-state index contributed by atoms with van der Waals surface area (Å²) in [6.45, 7) is 0. The Balaban J connectivity index is 1.88. The molecule has 1 fully saturated rings. The van der Waals surface area contributed by atoms with Gasteiger partial charge in [0, 0.05) is 22.7 Å². The van der Waals surface area contributed by atoms with Crippen LogP contribution in [-0.2, 0) is 9.59 Å². The quantitative estimate of drug-likeness (QED) is 0.905. The number of hydrogen-bond acceptors (Lipinski definition) is 2. The van der Waals surface area contributed by atoms with Gasteiger partial charge in [0.15, 0.2) is 0 Å². The Bertz CT molecular complexity index is 762. The summed E-state index contributed by atoms with van der Waals surface area (Å²) in [4.78, 5) is 23.5. The molecule has 0 bridgehead atoms. The SMILES string of the molecule is O=C1CC[C@H](C(=O)Nc2ccc(F)cc2-c2ccc(Cl)cc2)N1. The highest BCUT2D eigenvalue weighted by molar-refractivity contribution is 6.30. The zero-order valence-electron chi connectivity index (χ0n) is 12.1. The van der Waals surface area contributed by atoms with Gasteiger partial charge in [-0.1, -0.05) is 23.7 Å². The molecule has 2 amide bonds. The normalized spacial score (nSPS) is 17.0. The van der Waals surface area contributed by atoms with E-state index in [1.807, 2.05) is 0 Å². The predicted molar refractivity (Wildman–Crippen MR) is 86.6 cm³/mol. The van der Waals surface area contributed by atoms with Crippen LogP contribution in [0.15, 0.2) is 42.5 Å². The van der Waals surface area contributed by atoms with Crippen LogP contribution in [0.3, 0.4) is 0 Å². The molecule has 6 heteroatoms. The average Bonchev–Trinajstić information content (AvgIpc) is 2.96. The Morgan fingerprint density at radius 3 is 2.61 bits per heavy atom. The molecule has 0 spiro atoms. The molecule has 0 radical (unpaired) electrons. The Labute approximate surface area is 137 Å². The minimum atomic E-state index is -0.550. The number of anilines is 1. The summed E-state index contributed by atoms with van der Waals surface area (Å²) in [5.74, 6) is -0.845. The molecule has 2 N–H and O–H groups in total. The summed E-state index contributed by atoms with van der Waals surface area (Å²) in [6.07, 6.45) is 0.799. The van der Waals surface area contributed by atoms with Gasteiger partial charge in [-0.25, -0.2) is 4.39 Å². The van der Waals surface area contributed by atoms with Crippen LogP contribution in [0.5, 0.6) is 0 Å². The molecule has 0 saturated carbocycles. The Morgan fingerprint density at radius 2 is 1.96 bits per heavy atom. The zero-order chi connectivity index (χ0) is 16.4. The van der Waals surface area contributed by atoms with E-state index in [1.165, 1.54) is 18.2 Å². The monoisotopic (exact) mass is 332 g/mol. The lowest BCUT2D eigenvalue weighted by molar-refractivity contribution is -0.122. The van der Waals surface area contributed by atoms with Crippen molar-refractivity contribution < 1.29 is 14.0 Å². The Hall–Kier alpha value is -2.40. The van der Waals surface area contributed by atoms with Crippen LogP contribution < -0.4 is 10.6 Å². The van der Waals surface area contributed by atoms with E-state index in [2.05, 4.69) is 10.6 Å². The Kier molecular flexibility index (Phi) is 4.30. The van der Waals surface area contributed by atoms with Crippen molar-refractivity contribution in [2.24, 2.45) is 0 Å². The van der Waals surface area contributed by atoms with Gasteiger partial charge >= 0.3 is 0 Å². The molecule has 1 atom stereocenters. The topological polar surface area (TPSA) is 58.2 Å². The second-order valence-corrected chi connectivity index (χ2v) is 5.78. The number of carbonyl (C=O) groups is 2. The molecule has 1 aliphatic heterocycles. The van der Waals surface area contributed by atoms with Gasteiger partial charge in [0.05, 0.1) is 0 Å². The van der Waals surface area contributed by atoms with Crippen molar-refractivity contribution in [3.05, 3.63) is 53.3 Å². The van der Waals surface area contributed by atoms with E-state index >= 15 is 0 Å². The number of carbonyl (C=O) groups excluding carboxylic acids is 2. The average molecular weight is 333 g/mol. The third-order valence-electron chi connectivity index (χ3n) is 3.71. The van der Waals surface area contributed by atoms with E-state index in [0.717, 1.165) is 5.56 Å². The van der Waals surface area contributed by atoms with Crippen molar-refractivity contribution >= 4 is 29.1 Å². The van der Waals surface area contributed by atoms with Crippen molar-refractivity contribution in [1.82, 2.24) is 5.32 Å². The summed E-state index contributed by atoms with van der Waals surface area (Å²) in [7, 11) is 0. The van der Waals surface area contributed by atoms with E-state index < -0.39 is 11.9 Å². The molecule has 0 unspecified atom stereocenters. The summed E-state index contributed by atoms with van der Waals surface area (Å²) in [5, 5.41) is 5.94. The van der Waals surface area contributed by atoms with Gasteiger partial charge < -0.3 is 10.6 Å². The largest absolute Gasteiger partial charge is 0.344 e. The fourth-order valence-electron chi connectivity index (χ4n) is 2.52. The van der Waals surface area contributed by atoms with Crippen LogP contribution in [-0.4, -0.2) is 17.9 Å². The molecule has 2 aromatic rings. The minimum Gasteiger partial charge on any atom is -0.344 e. The highest BCUT2D eigenvalue weighted by Crippen LogP contribution is 2.30. The van der Waals surface area contributed by atoms with Crippen LogP contribution >= 0.6 is 11.6 Å². The van der Waals surface area contributed by atoms with E-state index in [0.29, 0.717) is 29.1 Å². The molecule has 118 valence electrons. The van der Waals surface area contributed by atoms with E-state index in [-0.39, 0.29) is 11.8 Å². The number of rotatable bonds is 3. The first kappa shape index (κ1) is 15.5. The lowest BCUT2D eigenvalue weighted by atomic mass is 10.0. The molecular weight excluding hydrogens is 319 g/mol. The first-order valence-corrected chi connectivity index (χ1v) is 7.56. The van der Waals surface area contributed by atoms with Gasteiger partial charge in [-0.3, -0.25) is 9.59 Å². The van der Waals surface area contributed by atoms with Gasteiger partial charge in [-0.2, -0.15) is 0 Å². The lowest BCUT2D eigenvalue weighted by Gasteiger charge is -2.15. The molecule has 1 heterocycles. The van der Waals surface area contributed by atoms with Gasteiger partial charge in [-0.05, 0) is 42.3 Å². The van der Waals surface area contributed by atoms with Gasteiger partial charge in [-0.15, -0.1) is 0 Å². The fourth-order valence-corrected chi connectivity index (χ4v) is 2.65. The third kappa shape index (κ3) is 3.51. The van der Waals surface area contributed by atoms with Crippen LogP contribution in [0.1, 0.15) is 12.8 Å². The fraction of sp³-hybridized carbons (Fsp3) is 0.176. The Morgan fingerprint density at radius 1 is 1.22 bits per heavy atom. The van der Waals surface area contributed by atoms with Crippen molar-refractivity contribution in [2.45, 2.75) is 18.9 Å². The molecule has 0 aliphatic carbocycles. The molecule has 3 rings (SSSR count). The van der Waals surface area contributed by atoms with E-state index in [9.17, 15) is 14.0 Å². The van der Waals surface area contributed by atoms with Crippen molar-refractivity contribution in [3.8, 4) is 11.1 Å². The molecule has 1 aliphatic rings. The van der Waals surface area contributed by atoms with Crippen LogP contribution in [0.25, 0.3) is 11.1 Å². The maximum Gasteiger partial charge on any atom is 0.246 e. The van der Waals surface area contributed by atoms with E-state index in [4.69, 9.17) is 11.6 Å². The number of nitrogens with one attached hydrogen (secondary N) is 2. The minimum absolute atomic E-state index is 0.137. The maximum absolute atomic E-state index is 13.6. The van der Waals surface area contributed by atoms with Crippen LogP contribution in [0.4, 0.5) is 10.1 Å². The van der Waals surface area contributed by atoms with Gasteiger partial charge in [0.2, 0.25) is 11.8 Å². The standard InChI is InChI=1S/C17H14ClFN2O2/c18-11-3-1-10(2-4-11)13-9-12(19)5-6-14(13)21-17(23)15-7-8-16(22)20-15/h1-6,9,15H,7-8H2,(H,20,22)(H,21,23)/t15-/m1/s1. The predicted octanol–water partition coefficient (Wildman–Crippen LogP) is 3.36. The molecule has 2 aromatic carbocycles. The maximum atomic E-state index is 13.6. The summed E-state index contributed by atoms with van der Waals surface area (Å²) in [5.41, 5.74) is 1.78. The summed E-state index contributed by atoms with van der Waals surface area (Å²) >= 11 is 5.87. The third-order valence-corrected chi connectivity index (χ3v) is 3.96. The first-order valence-electron chi connectivity index (χ1n) is 7.18. The molecule has 4 nitrogen and oxygen atoms in total. The summed E-state index contributed by atoms with van der Waals surface area (Å²) < 4.78 is 13.6.